The number of aliphatic hydroxyl groups excluding tert-OH is 1. The predicted molar refractivity (Wildman–Crippen MR) is 91.2 cm³/mol. The molecule has 1 saturated heterocycles. The van der Waals surface area contributed by atoms with Crippen molar-refractivity contribution in [3.63, 3.8) is 0 Å². The van der Waals surface area contributed by atoms with E-state index in [1.165, 1.54) is 12.8 Å². The van der Waals surface area contributed by atoms with Gasteiger partial charge in [-0.15, -0.1) is 0 Å². The third-order valence-electron chi connectivity index (χ3n) is 4.72. The Labute approximate surface area is 144 Å². The summed E-state index contributed by atoms with van der Waals surface area (Å²) in [6.07, 6.45) is 6.69. The minimum absolute atomic E-state index is 0.136. The molecular formula is C18H32N2O4. The molecule has 2 rings (SSSR count). The van der Waals surface area contributed by atoms with Crippen molar-refractivity contribution >= 4 is 11.9 Å². The Balaban J connectivity index is 1.92. The maximum Gasteiger partial charge on any atom is 0.323 e. The molecular weight excluding hydrogens is 308 g/mol. The largest absolute Gasteiger partial charge is 0.459 e. The van der Waals surface area contributed by atoms with Crippen molar-refractivity contribution < 1.29 is 19.4 Å². The SMILES string of the molecule is CC(C)(C)OC(=O)C1CCCN1C(O)C(=O)NC1CCCCCC1. The summed E-state index contributed by atoms with van der Waals surface area (Å²) in [5.41, 5.74) is -0.571. The summed E-state index contributed by atoms with van der Waals surface area (Å²) in [6.45, 7) is 5.99. The van der Waals surface area contributed by atoms with Gasteiger partial charge in [0.05, 0.1) is 0 Å². The number of carbonyl (C=O) groups is 2. The molecule has 0 spiro atoms. The maximum atomic E-state index is 12.4. The molecule has 2 aliphatic rings. The summed E-state index contributed by atoms with van der Waals surface area (Å²) in [6, 6.07) is -0.406. The van der Waals surface area contributed by atoms with Crippen molar-refractivity contribution in [1.82, 2.24) is 10.2 Å². The number of ether oxygens (including phenoxy) is 1. The van der Waals surface area contributed by atoms with E-state index in [0.29, 0.717) is 13.0 Å². The van der Waals surface area contributed by atoms with Gasteiger partial charge in [-0.3, -0.25) is 14.5 Å². The summed E-state index contributed by atoms with van der Waals surface area (Å²) in [5, 5.41) is 13.4. The van der Waals surface area contributed by atoms with Gasteiger partial charge in [-0.25, -0.2) is 0 Å². The van der Waals surface area contributed by atoms with Crippen molar-refractivity contribution in [1.29, 1.82) is 0 Å². The van der Waals surface area contributed by atoms with E-state index in [4.69, 9.17) is 4.74 Å². The number of likely N-dealkylation sites (tertiary alicyclic amines) is 1. The van der Waals surface area contributed by atoms with E-state index in [2.05, 4.69) is 5.32 Å². The molecule has 1 heterocycles. The van der Waals surface area contributed by atoms with Crippen LogP contribution in [0.25, 0.3) is 0 Å². The Hall–Kier alpha value is -1.14. The molecule has 138 valence electrons. The third-order valence-corrected chi connectivity index (χ3v) is 4.72. The van der Waals surface area contributed by atoms with E-state index >= 15 is 0 Å². The van der Waals surface area contributed by atoms with E-state index in [-0.39, 0.29) is 12.0 Å². The van der Waals surface area contributed by atoms with Crippen molar-refractivity contribution in [2.45, 2.75) is 96.1 Å². The lowest BCUT2D eigenvalue weighted by molar-refractivity contribution is -0.166. The molecule has 6 heteroatoms. The Bertz CT molecular complexity index is 439. The normalized spacial score (nSPS) is 25.1. The van der Waals surface area contributed by atoms with Gasteiger partial charge in [-0.1, -0.05) is 25.7 Å². The van der Waals surface area contributed by atoms with E-state index < -0.39 is 23.8 Å². The Morgan fingerprint density at radius 1 is 1.08 bits per heavy atom. The number of rotatable bonds is 4. The molecule has 2 N–H and O–H groups in total. The monoisotopic (exact) mass is 340 g/mol. The third kappa shape index (κ3) is 5.45. The second kappa shape index (κ2) is 8.30. The molecule has 24 heavy (non-hydrogen) atoms. The fraction of sp³-hybridized carbons (Fsp3) is 0.889. The molecule has 1 aliphatic heterocycles. The lowest BCUT2D eigenvalue weighted by Crippen LogP contribution is -2.53. The molecule has 0 radical (unpaired) electrons. The second-order valence-electron chi connectivity index (χ2n) is 8.00. The first-order chi connectivity index (χ1) is 11.3. The van der Waals surface area contributed by atoms with Gasteiger partial charge in [-0.05, 0) is 46.5 Å². The number of carbonyl (C=O) groups excluding carboxylic acids is 2. The topological polar surface area (TPSA) is 78.9 Å². The summed E-state index contributed by atoms with van der Waals surface area (Å²) >= 11 is 0. The Kier molecular flexibility index (Phi) is 6.63. The van der Waals surface area contributed by atoms with E-state index in [0.717, 1.165) is 32.1 Å². The fourth-order valence-corrected chi connectivity index (χ4v) is 3.55. The number of aliphatic hydroxyl groups is 1. The van der Waals surface area contributed by atoms with Crippen LogP contribution in [0.4, 0.5) is 0 Å². The smallest absolute Gasteiger partial charge is 0.323 e. The lowest BCUT2D eigenvalue weighted by Gasteiger charge is -2.30. The number of nitrogens with zero attached hydrogens (tertiary/aromatic N) is 1. The zero-order valence-electron chi connectivity index (χ0n) is 15.2. The van der Waals surface area contributed by atoms with Gasteiger partial charge >= 0.3 is 5.97 Å². The van der Waals surface area contributed by atoms with Crippen LogP contribution < -0.4 is 5.32 Å². The summed E-state index contributed by atoms with van der Waals surface area (Å²) in [4.78, 5) is 26.3. The van der Waals surface area contributed by atoms with Crippen LogP contribution in [0.15, 0.2) is 0 Å². The molecule has 0 aromatic carbocycles. The predicted octanol–water partition coefficient (Wildman–Crippen LogP) is 1.95. The maximum absolute atomic E-state index is 12.4. The standard InChI is InChI=1S/C18H32N2O4/c1-18(2,3)24-17(23)14-11-8-12-20(14)16(22)15(21)19-13-9-6-4-5-7-10-13/h13-14,16,22H,4-12H2,1-3H3,(H,19,21). The van der Waals surface area contributed by atoms with Gasteiger partial charge in [0.25, 0.3) is 5.91 Å². The van der Waals surface area contributed by atoms with E-state index in [1.54, 1.807) is 4.90 Å². The van der Waals surface area contributed by atoms with Crippen molar-refractivity contribution in [3.8, 4) is 0 Å². The first-order valence-corrected chi connectivity index (χ1v) is 9.25. The average Bonchev–Trinajstić information content (AvgIpc) is 2.84. The van der Waals surface area contributed by atoms with Crippen LogP contribution in [0.3, 0.4) is 0 Å². The highest BCUT2D eigenvalue weighted by Gasteiger charge is 2.40. The molecule has 1 aliphatic carbocycles. The highest BCUT2D eigenvalue weighted by atomic mass is 16.6. The summed E-state index contributed by atoms with van der Waals surface area (Å²) in [5.74, 6) is -0.751. The minimum Gasteiger partial charge on any atom is -0.459 e. The van der Waals surface area contributed by atoms with Crippen LogP contribution in [0, 0.1) is 0 Å². The molecule has 0 bridgehead atoms. The molecule has 6 nitrogen and oxygen atoms in total. The summed E-state index contributed by atoms with van der Waals surface area (Å²) < 4.78 is 5.42. The van der Waals surface area contributed by atoms with E-state index in [1.807, 2.05) is 20.8 Å². The Morgan fingerprint density at radius 3 is 2.29 bits per heavy atom. The lowest BCUT2D eigenvalue weighted by atomic mass is 10.1. The average molecular weight is 340 g/mol. The van der Waals surface area contributed by atoms with Crippen molar-refractivity contribution in [3.05, 3.63) is 0 Å². The van der Waals surface area contributed by atoms with E-state index in [9.17, 15) is 14.7 Å². The molecule has 0 aromatic heterocycles. The van der Waals surface area contributed by atoms with Crippen LogP contribution >= 0.6 is 0 Å². The van der Waals surface area contributed by atoms with Gasteiger partial charge < -0.3 is 15.2 Å². The number of nitrogens with one attached hydrogen (secondary N) is 1. The molecule has 1 saturated carbocycles. The van der Waals surface area contributed by atoms with Gasteiger partial charge in [-0.2, -0.15) is 0 Å². The summed E-state index contributed by atoms with van der Waals surface area (Å²) in [7, 11) is 0. The highest BCUT2D eigenvalue weighted by Crippen LogP contribution is 2.23. The van der Waals surface area contributed by atoms with Gasteiger partial charge in [0.2, 0.25) is 0 Å². The number of hydrogen-bond donors (Lipinski definition) is 2. The van der Waals surface area contributed by atoms with Crippen LogP contribution in [-0.4, -0.2) is 52.3 Å². The number of esters is 1. The second-order valence-corrected chi connectivity index (χ2v) is 8.00. The van der Waals surface area contributed by atoms with Crippen LogP contribution in [0.5, 0.6) is 0 Å². The first-order valence-electron chi connectivity index (χ1n) is 9.25. The minimum atomic E-state index is -1.28. The molecule has 2 unspecified atom stereocenters. The van der Waals surface area contributed by atoms with Crippen molar-refractivity contribution in [2.75, 3.05) is 6.54 Å². The van der Waals surface area contributed by atoms with Crippen LogP contribution in [0.2, 0.25) is 0 Å². The van der Waals surface area contributed by atoms with Gasteiger partial charge in [0.1, 0.15) is 11.6 Å². The Morgan fingerprint density at radius 2 is 1.71 bits per heavy atom. The molecule has 1 amide bonds. The molecule has 2 atom stereocenters. The number of amides is 1. The first kappa shape index (κ1) is 19.2. The van der Waals surface area contributed by atoms with Crippen molar-refractivity contribution in [2.24, 2.45) is 0 Å². The quantitative estimate of drug-likeness (QED) is 0.604. The van der Waals surface area contributed by atoms with Crippen LogP contribution in [0.1, 0.15) is 72.1 Å². The number of hydrogen-bond acceptors (Lipinski definition) is 5. The fourth-order valence-electron chi connectivity index (χ4n) is 3.55. The van der Waals surface area contributed by atoms with Gasteiger partial charge in [0, 0.05) is 12.6 Å². The molecule has 2 fully saturated rings. The highest BCUT2D eigenvalue weighted by molar-refractivity contribution is 5.82. The zero-order chi connectivity index (χ0) is 17.7. The zero-order valence-corrected chi connectivity index (χ0v) is 15.2. The molecule has 0 aromatic rings. The van der Waals surface area contributed by atoms with Gasteiger partial charge in [0.15, 0.2) is 6.23 Å². The van der Waals surface area contributed by atoms with Crippen LogP contribution in [-0.2, 0) is 14.3 Å².